The zero-order chi connectivity index (χ0) is 23.5. The molecule has 166 valence electrons. The van der Waals surface area contributed by atoms with Gasteiger partial charge in [-0.1, -0.05) is 72.4 Å². The van der Waals surface area contributed by atoms with E-state index >= 15 is 0 Å². The molecule has 0 aliphatic carbocycles. The standard InChI is InChI=1S/C20H14FNOS.C9H7N/c1-22-17-11-16(21)8-9-19(17)24-20(22)12-18(23)15-7-6-13-4-2-3-5-14(13)10-15;1-2-6-9-8(4-1)5-3-7-10-9/h2-12H,1H3;1-7H. The average molecular weight is 465 g/mol. The SMILES string of the molecule is CN1C(=CC(=O)c2ccc3ccccc3c2)Sc2ccc(F)cc21.c1ccc2ncccc2c1. The van der Waals surface area contributed by atoms with Gasteiger partial charge >= 0.3 is 0 Å². The summed E-state index contributed by atoms with van der Waals surface area (Å²) in [7, 11) is 1.85. The lowest BCUT2D eigenvalue weighted by Gasteiger charge is -2.13. The number of carbonyl (C=O) groups is 1. The van der Waals surface area contributed by atoms with Gasteiger partial charge in [-0.3, -0.25) is 9.78 Å². The molecule has 0 atom stereocenters. The number of allylic oxidation sites excluding steroid dienone is 1. The lowest BCUT2D eigenvalue weighted by Crippen LogP contribution is -2.11. The Labute approximate surface area is 201 Å². The molecule has 1 aliphatic rings. The van der Waals surface area contributed by atoms with Crippen LogP contribution in [0.1, 0.15) is 10.4 Å². The van der Waals surface area contributed by atoms with Gasteiger partial charge in [0, 0.05) is 35.2 Å². The van der Waals surface area contributed by atoms with Gasteiger partial charge in [-0.15, -0.1) is 0 Å². The topological polar surface area (TPSA) is 33.2 Å². The zero-order valence-electron chi connectivity index (χ0n) is 18.5. The summed E-state index contributed by atoms with van der Waals surface area (Å²) in [4.78, 5) is 19.6. The van der Waals surface area contributed by atoms with Gasteiger partial charge in [0.1, 0.15) is 5.82 Å². The average Bonchev–Trinajstić information content (AvgIpc) is 3.18. The molecular weight excluding hydrogens is 443 g/mol. The Hall–Kier alpha value is -3.96. The first-order valence-corrected chi connectivity index (χ1v) is 11.7. The number of aromatic nitrogens is 1. The first-order chi connectivity index (χ1) is 16.6. The smallest absolute Gasteiger partial charge is 0.188 e. The summed E-state index contributed by atoms with van der Waals surface area (Å²) in [5.41, 5.74) is 2.50. The number of ketones is 1. The Kier molecular flexibility index (Phi) is 6.11. The quantitative estimate of drug-likeness (QED) is 0.200. The molecule has 0 spiro atoms. The Morgan fingerprint density at radius 2 is 1.59 bits per heavy atom. The van der Waals surface area contributed by atoms with Crippen LogP contribution < -0.4 is 4.90 Å². The highest BCUT2D eigenvalue weighted by atomic mass is 32.2. The molecule has 3 nitrogen and oxygen atoms in total. The number of hydrogen-bond donors (Lipinski definition) is 0. The van der Waals surface area contributed by atoms with Crippen LogP contribution in [0.5, 0.6) is 0 Å². The molecule has 0 unspecified atom stereocenters. The van der Waals surface area contributed by atoms with Crippen molar-refractivity contribution in [1.29, 1.82) is 0 Å². The van der Waals surface area contributed by atoms with Crippen molar-refractivity contribution in [3.8, 4) is 0 Å². The molecule has 0 fully saturated rings. The number of halogens is 1. The largest absolute Gasteiger partial charge is 0.338 e. The van der Waals surface area contributed by atoms with Crippen molar-refractivity contribution in [2.45, 2.75) is 4.90 Å². The Morgan fingerprint density at radius 1 is 0.853 bits per heavy atom. The number of benzene rings is 4. The van der Waals surface area contributed by atoms with E-state index in [2.05, 4.69) is 17.1 Å². The van der Waals surface area contributed by atoms with Crippen LogP contribution >= 0.6 is 11.8 Å². The van der Waals surface area contributed by atoms with Crippen molar-refractivity contribution in [1.82, 2.24) is 4.98 Å². The fraction of sp³-hybridized carbons (Fsp3) is 0.0345. The lowest BCUT2D eigenvalue weighted by molar-refractivity contribution is 0.104. The first kappa shape index (κ1) is 21.9. The molecular formula is C29H21FN2OS. The van der Waals surface area contributed by atoms with Gasteiger partial charge in [0.15, 0.2) is 5.78 Å². The molecule has 2 heterocycles. The van der Waals surface area contributed by atoms with Crippen LogP contribution in [0.25, 0.3) is 21.7 Å². The second-order valence-corrected chi connectivity index (χ2v) is 8.94. The summed E-state index contributed by atoms with van der Waals surface area (Å²) in [6.07, 6.45) is 3.43. The van der Waals surface area contributed by atoms with Crippen LogP contribution in [0.2, 0.25) is 0 Å². The minimum Gasteiger partial charge on any atom is -0.338 e. The molecule has 0 radical (unpaired) electrons. The number of carbonyl (C=O) groups excluding carboxylic acids is 1. The molecule has 0 saturated carbocycles. The third kappa shape index (κ3) is 4.56. The van der Waals surface area contributed by atoms with E-state index in [0.29, 0.717) is 5.56 Å². The van der Waals surface area contributed by atoms with Crippen molar-refractivity contribution in [2.75, 3.05) is 11.9 Å². The van der Waals surface area contributed by atoms with E-state index in [1.807, 2.05) is 84.9 Å². The number of rotatable bonds is 2. The van der Waals surface area contributed by atoms with Crippen molar-refractivity contribution in [3.05, 3.63) is 126 Å². The lowest BCUT2D eigenvalue weighted by atomic mass is 10.0. The first-order valence-electron chi connectivity index (χ1n) is 10.8. The van der Waals surface area contributed by atoms with E-state index in [1.54, 1.807) is 12.1 Å². The van der Waals surface area contributed by atoms with E-state index < -0.39 is 0 Å². The van der Waals surface area contributed by atoms with Gasteiger partial charge in [0.2, 0.25) is 0 Å². The number of thioether (sulfide) groups is 1. The van der Waals surface area contributed by atoms with E-state index in [9.17, 15) is 9.18 Å². The predicted octanol–water partition coefficient (Wildman–Crippen LogP) is 7.48. The third-order valence-corrected chi connectivity index (χ3v) is 6.79. The molecule has 0 N–H and O–H groups in total. The van der Waals surface area contributed by atoms with Gasteiger partial charge in [0.25, 0.3) is 0 Å². The molecule has 0 amide bonds. The number of para-hydroxylation sites is 1. The molecule has 0 saturated heterocycles. The number of nitrogens with zero attached hydrogens (tertiary/aromatic N) is 2. The van der Waals surface area contributed by atoms with E-state index in [-0.39, 0.29) is 11.6 Å². The Balaban J connectivity index is 0.000000200. The summed E-state index contributed by atoms with van der Waals surface area (Å²) in [6, 6.07) is 30.4. The van der Waals surface area contributed by atoms with Crippen LogP contribution in [0.15, 0.2) is 119 Å². The maximum Gasteiger partial charge on any atom is 0.188 e. The van der Waals surface area contributed by atoms with E-state index in [4.69, 9.17) is 0 Å². The van der Waals surface area contributed by atoms with E-state index in [1.165, 1.54) is 29.3 Å². The molecule has 1 aromatic heterocycles. The van der Waals surface area contributed by atoms with Gasteiger partial charge in [-0.2, -0.15) is 0 Å². The maximum atomic E-state index is 13.4. The van der Waals surface area contributed by atoms with E-state index in [0.717, 1.165) is 31.9 Å². The molecule has 1 aliphatic heterocycles. The number of pyridine rings is 1. The molecule has 0 bridgehead atoms. The van der Waals surface area contributed by atoms with Gasteiger partial charge in [-0.05, 0) is 47.2 Å². The fourth-order valence-corrected chi connectivity index (χ4v) is 4.88. The molecule has 4 aromatic carbocycles. The predicted molar refractivity (Wildman–Crippen MR) is 139 cm³/mol. The summed E-state index contributed by atoms with van der Waals surface area (Å²) < 4.78 is 13.4. The van der Waals surface area contributed by atoms with Crippen LogP contribution in [-0.2, 0) is 0 Å². The minimum absolute atomic E-state index is 0.0524. The monoisotopic (exact) mass is 464 g/mol. The highest BCUT2D eigenvalue weighted by Gasteiger charge is 2.23. The Morgan fingerprint density at radius 3 is 2.41 bits per heavy atom. The van der Waals surface area contributed by atoms with Gasteiger partial charge in [-0.25, -0.2) is 4.39 Å². The maximum absolute atomic E-state index is 13.4. The molecule has 5 heteroatoms. The zero-order valence-corrected chi connectivity index (χ0v) is 19.3. The van der Waals surface area contributed by atoms with Crippen molar-refractivity contribution >= 4 is 44.9 Å². The molecule has 5 aromatic rings. The van der Waals surface area contributed by atoms with Crippen LogP contribution in [-0.4, -0.2) is 17.8 Å². The summed E-state index contributed by atoms with van der Waals surface area (Å²) >= 11 is 1.48. The van der Waals surface area contributed by atoms with Crippen molar-refractivity contribution in [3.63, 3.8) is 0 Å². The number of anilines is 1. The summed E-state index contributed by atoms with van der Waals surface area (Å²) in [6.45, 7) is 0. The van der Waals surface area contributed by atoms with Gasteiger partial charge in [0.05, 0.1) is 16.2 Å². The van der Waals surface area contributed by atoms with Gasteiger partial charge < -0.3 is 4.90 Å². The second kappa shape index (κ2) is 9.49. The normalized spacial score (nSPS) is 13.6. The second-order valence-electron chi connectivity index (χ2n) is 7.88. The highest BCUT2D eigenvalue weighted by molar-refractivity contribution is 8.03. The number of hydrogen-bond acceptors (Lipinski definition) is 4. The van der Waals surface area contributed by atoms with Crippen molar-refractivity contribution in [2.24, 2.45) is 0 Å². The summed E-state index contributed by atoms with van der Waals surface area (Å²) in [5.74, 6) is -0.327. The van der Waals surface area contributed by atoms with Crippen LogP contribution in [0.3, 0.4) is 0 Å². The minimum atomic E-state index is -0.275. The van der Waals surface area contributed by atoms with Crippen molar-refractivity contribution < 1.29 is 9.18 Å². The van der Waals surface area contributed by atoms with Crippen LogP contribution in [0, 0.1) is 5.82 Å². The fourth-order valence-electron chi connectivity index (χ4n) is 3.82. The molecule has 34 heavy (non-hydrogen) atoms. The third-order valence-electron chi connectivity index (χ3n) is 5.63. The number of fused-ring (bicyclic) bond motifs is 3. The molecule has 6 rings (SSSR count). The Bertz CT molecular complexity index is 1480. The highest BCUT2D eigenvalue weighted by Crippen LogP contribution is 2.45. The summed E-state index contributed by atoms with van der Waals surface area (Å²) in [5, 5.41) is 4.15. The van der Waals surface area contributed by atoms with Crippen LogP contribution in [0.4, 0.5) is 10.1 Å².